The second-order valence-electron chi connectivity index (χ2n) is 9.97. The van der Waals surface area contributed by atoms with Crippen molar-refractivity contribution in [3.05, 3.63) is 47.3 Å². The van der Waals surface area contributed by atoms with Gasteiger partial charge in [0.2, 0.25) is 0 Å². The van der Waals surface area contributed by atoms with Gasteiger partial charge in [-0.05, 0) is 57.9 Å². The minimum Gasteiger partial charge on any atom is -0.755 e. The molecule has 1 aromatic heterocycles. The Bertz CT molecular complexity index is 1200. The van der Waals surface area contributed by atoms with Gasteiger partial charge in [0.25, 0.3) is 5.91 Å². The first-order valence-corrected chi connectivity index (χ1v) is 12.7. The number of benzene rings is 1. The van der Waals surface area contributed by atoms with Gasteiger partial charge in [-0.3, -0.25) is 13.3 Å². The van der Waals surface area contributed by atoms with Crippen molar-refractivity contribution in [1.29, 1.82) is 0 Å². The molecule has 3 rings (SSSR count). The Morgan fingerprint density at radius 2 is 2.00 bits per heavy atom. The molecule has 0 radical (unpaired) electrons. The molecule has 0 spiro atoms. The summed E-state index contributed by atoms with van der Waals surface area (Å²) in [5.74, 6) is -3.13. The van der Waals surface area contributed by atoms with Gasteiger partial charge in [0.15, 0.2) is 5.82 Å². The molecule has 0 bridgehead atoms. The first kappa shape index (κ1) is 28.5. The van der Waals surface area contributed by atoms with Crippen LogP contribution in [0.4, 0.5) is 25.0 Å². The van der Waals surface area contributed by atoms with E-state index in [4.69, 9.17) is 4.74 Å². The number of carbonyl (C=O) groups is 2. The number of halogens is 2. The minimum absolute atomic E-state index is 0.00447. The molecule has 204 valence electrons. The van der Waals surface area contributed by atoms with Crippen LogP contribution < -0.4 is 9.62 Å². The van der Waals surface area contributed by atoms with E-state index >= 15 is 4.39 Å². The lowest BCUT2D eigenvalue weighted by molar-refractivity contribution is 0.0109. The number of hydrogen-bond acceptors (Lipinski definition) is 6. The van der Waals surface area contributed by atoms with E-state index in [-0.39, 0.29) is 36.4 Å². The van der Waals surface area contributed by atoms with Gasteiger partial charge in [0, 0.05) is 55.8 Å². The highest BCUT2D eigenvalue weighted by molar-refractivity contribution is 7.80. The number of rotatable bonds is 6. The van der Waals surface area contributed by atoms with Gasteiger partial charge in [-0.1, -0.05) is 0 Å². The SMILES string of the molecule is Cc1cc(NC(=O)c2c(F)c(N(C3CCN(C(=O)OC(C)(C)C)CC3CO)S(=O)[O-])cn2C)ccc1F. The number of likely N-dealkylation sites (tertiary alicyclic amines) is 1. The summed E-state index contributed by atoms with van der Waals surface area (Å²) in [5.41, 5.74) is -1.01. The fraction of sp³-hybridized carbons (Fsp3) is 0.500. The third-order valence-corrected chi connectivity index (χ3v) is 6.80. The highest BCUT2D eigenvalue weighted by atomic mass is 32.2. The minimum atomic E-state index is -2.96. The average Bonchev–Trinajstić information content (AvgIpc) is 3.08. The lowest BCUT2D eigenvalue weighted by Gasteiger charge is -2.44. The van der Waals surface area contributed by atoms with Gasteiger partial charge in [-0.25, -0.2) is 13.6 Å². The van der Waals surface area contributed by atoms with Gasteiger partial charge < -0.3 is 29.2 Å². The Labute approximate surface area is 216 Å². The van der Waals surface area contributed by atoms with E-state index in [1.807, 2.05) is 0 Å². The summed E-state index contributed by atoms with van der Waals surface area (Å²) in [5, 5.41) is 12.5. The summed E-state index contributed by atoms with van der Waals surface area (Å²) in [4.78, 5) is 26.7. The number of hydrogen-bond donors (Lipinski definition) is 2. The van der Waals surface area contributed by atoms with Crippen LogP contribution in [0.3, 0.4) is 0 Å². The molecule has 37 heavy (non-hydrogen) atoms. The molecular formula is C24H31F2N4O6S-. The molecule has 1 aliphatic heterocycles. The summed E-state index contributed by atoms with van der Waals surface area (Å²) in [7, 11) is 1.39. The monoisotopic (exact) mass is 541 g/mol. The van der Waals surface area contributed by atoms with E-state index in [0.29, 0.717) is 0 Å². The molecular weight excluding hydrogens is 510 g/mol. The molecule has 2 heterocycles. The molecule has 13 heteroatoms. The van der Waals surface area contributed by atoms with E-state index in [1.54, 1.807) is 20.8 Å². The van der Waals surface area contributed by atoms with Crippen LogP contribution in [0.1, 0.15) is 43.2 Å². The third kappa shape index (κ3) is 6.46. The summed E-state index contributed by atoms with van der Waals surface area (Å²) in [6.07, 6.45) is 0.674. The van der Waals surface area contributed by atoms with Crippen LogP contribution >= 0.6 is 0 Å². The maximum atomic E-state index is 15.6. The number of aliphatic hydroxyl groups excluding tert-OH is 1. The Morgan fingerprint density at radius 3 is 2.57 bits per heavy atom. The van der Waals surface area contributed by atoms with Crippen molar-refractivity contribution in [1.82, 2.24) is 9.47 Å². The molecule has 0 aliphatic carbocycles. The van der Waals surface area contributed by atoms with Crippen LogP contribution in [0, 0.1) is 24.5 Å². The van der Waals surface area contributed by atoms with Crippen LogP contribution in [0.2, 0.25) is 0 Å². The Kier molecular flexibility index (Phi) is 8.60. The first-order chi connectivity index (χ1) is 17.2. The van der Waals surface area contributed by atoms with E-state index in [9.17, 15) is 27.8 Å². The van der Waals surface area contributed by atoms with Gasteiger partial charge in [0.05, 0.1) is 6.04 Å². The number of carbonyl (C=O) groups excluding carboxylic acids is 2. The molecule has 1 aromatic carbocycles. The van der Waals surface area contributed by atoms with Gasteiger partial charge in [-0.2, -0.15) is 0 Å². The lowest BCUT2D eigenvalue weighted by atomic mass is 9.92. The fourth-order valence-corrected chi connectivity index (χ4v) is 5.06. The molecule has 10 nitrogen and oxygen atoms in total. The molecule has 3 atom stereocenters. The zero-order valence-electron chi connectivity index (χ0n) is 21.3. The number of aliphatic hydroxyl groups is 1. The van der Waals surface area contributed by atoms with E-state index in [0.717, 1.165) is 8.87 Å². The van der Waals surface area contributed by atoms with Gasteiger partial charge >= 0.3 is 6.09 Å². The predicted molar refractivity (Wildman–Crippen MR) is 133 cm³/mol. The van der Waals surface area contributed by atoms with Crippen molar-refractivity contribution in [2.24, 2.45) is 13.0 Å². The topological polar surface area (TPSA) is 127 Å². The van der Waals surface area contributed by atoms with Gasteiger partial charge in [0.1, 0.15) is 22.8 Å². The number of piperidine rings is 1. The molecule has 2 aromatic rings. The number of nitrogens with zero attached hydrogens (tertiary/aromatic N) is 3. The van der Waals surface area contributed by atoms with Gasteiger partial charge in [-0.15, -0.1) is 0 Å². The molecule has 2 N–H and O–H groups in total. The number of aryl methyl sites for hydroxylation is 2. The van der Waals surface area contributed by atoms with Crippen LogP contribution in [0.15, 0.2) is 24.4 Å². The number of aromatic nitrogens is 1. The van der Waals surface area contributed by atoms with Crippen molar-refractivity contribution < 1.29 is 37.0 Å². The highest BCUT2D eigenvalue weighted by Crippen LogP contribution is 2.33. The molecule has 0 saturated carbocycles. The summed E-state index contributed by atoms with van der Waals surface area (Å²) >= 11 is -2.96. The lowest BCUT2D eigenvalue weighted by Crippen LogP contribution is -2.55. The van der Waals surface area contributed by atoms with Crippen molar-refractivity contribution in [2.45, 2.75) is 45.8 Å². The number of anilines is 2. The van der Waals surface area contributed by atoms with Crippen molar-refractivity contribution in [2.75, 3.05) is 29.3 Å². The van der Waals surface area contributed by atoms with Crippen LogP contribution in [0.25, 0.3) is 0 Å². The second kappa shape index (κ2) is 11.2. The Hall–Kier alpha value is -3.03. The summed E-state index contributed by atoms with van der Waals surface area (Å²) in [6.45, 7) is 6.31. The Balaban J connectivity index is 1.87. The maximum Gasteiger partial charge on any atom is 0.410 e. The molecule has 3 unspecified atom stereocenters. The van der Waals surface area contributed by atoms with Crippen LogP contribution in [-0.4, -0.2) is 66.7 Å². The maximum absolute atomic E-state index is 15.6. The highest BCUT2D eigenvalue weighted by Gasteiger charge is 2.39. The quantitative estimate of drug-likeness (QED) is 0.541. The predicted octanol–water partition coefficient (Wildman–Crippen LogP) is 3.08. The summed E-state index contributed by atoms with van der Waals surface area (Å²) in [6, 6.07) is 3.00. The average molecular weight is 542 g/mol. The second-order valence-corrected chi connectivity index (χ2v) is 10.8. The van der Waals surface area contributed by atoms with Crippen molar-refractivity contribution in [3.63, 3.8) is 0 Å². The molecule has 1 aliphatic rings. The first-order valence-electron chi connectivity index (χ1n) is 11.6. The number of amides is 2. The van der Waals surface area contributed by atoms with Crippen molar-refractivity contribution in [3.8, 4) is 0 Å². The van der Waals surface area contributed by atoms with Crippen molar-refractivity contribution >= 4 is 34.6 Å². The largest absolute Gasteiger partial charge is 0.755 e. The molecule has 2 amide bonds. The molecule has 1 fully saturated rings. The molecule has 1 saturated heterocycles. The zero-order valence-corrected chi connectivity index (χ0v) is 22.1. The van der Waals surface area contributed by atoms with E-state index < -0.39 is 64.8 Å². The number of ether oxygens (including phenoxy) is 1. The zero-order chi connectivity index (χ0) is 27.7. The number of nitrogens with one attached hydrogen (secondary N) is 1. The fourth-order valence-electron chi connectivity index (χ4n) is 4.28. The Morgan fingerprint density at radius 1 is 1.32 bits per heavy atom. The standard InChI is InChI=1S/C24H32F2N4O6S/c1-14-10-16(6-7-17(14)25)27-22(32)21-20(26)19(12-28(21)5)30(37(34)35)18-8-9-29(11-15(18)13-31)23(33)36-24(2,3)4/h6-7,10,12,15,18,31H,8-9,11,13H2,1-5H3,(H,27,32)(H,34,35)/p-1. The third-order valence-electron chi connectivity index (χ3n) is 6.01. The summed E-state index contributed by atoms with van der Waals surface area (Å²) < 4.78 is 61.0. The smallest absolute Gasteiger partial charge is 0.410 e. The van der Waals surface area contributed by atoms with Crippen LogP contribution in [-0.2, 0) is 23.1 Å². The van der Waals surface area contributed by atoms with Crippen LogP contribution in [0.5, 0.6) is 0 Å². The van der Waals surface area contributed by atoms with E-state index in [1.165, 1.54) is 43.3 Å². The van der Waals surface area contributed by atoms with E-state index in [2.05, 4.69) is 5.32 Å². The normalized spacial score (nSPS) is 18.9.